The fourth-order valence-electron chi connectivity index (χ4n) is 3.98. The minimum absolute atomic E-state index is 0.0947. The van der Waals surface area contributed by atoms with Crippen molar-refractivity contribution in [3.8, 4) is 5.75 Å². The van der Waals surface area contributed by atoms with Crippen molar-refractivity contribution in [1.29, 1.82) is 0 Å². The Bertz CT molecular complexity index is 1050. The molecular weight excluding hydrogens is 378 g/mol. The summed E-state index contributed by atoms with van der Waals surface area (Å²) in [7, 11) is 3.35. The highest BCUT2D eigenvalue weighted by molar-refractivity contribution is 6.01. The average Bonchev–Trinajstić information content (AvgIpc) is 2.80. The highest BCUT2D eigenvalue weighted by atomic mass is 16.5. The molecule has 4 rings (SSSR count). The predicted octanol–water partition coefficient (Wildman–Crippen LogP) is 3.32. The maximum Gasteiger partial charge on any atom is 0.254 e. The molecule has 0 aliphatic carbocycles. The third kappa shape index (κ3) is 3.64. The molecular formula is C24H23N3O3. The highest BCUT2D eigenvalue weighted by Crippen LogP contribution is 2.42. The van der Waals surface area contributed by atoms with Crippen molar-refractivity contribution >= 4 is 11.8 Å². The number of methoxy groups -OCH3 is 1. The van der Waals surface area contributed by atoms with E-state index in [0.29, 0.717) is 12.1 Å². The number of fused-ring (bicyclic) bond motifs is 1. The molecule has 1 N–H and O–H groups in total. The summed E-state index contributed by atoms with van der Waals surface area (Å²) in [6.07, 6.45) is 3.43. The fraction of sp³-hybridized carbons (Fsp3) is 0.208. The molecule has 2 atom stereocenters. The van der Waals surface area contributed by atoms with Gasteiger partial charge in [-0.15, -0.1) is 0 Å². The number of carbonyl (C=O) groups is 2. The number of aromatic nitrogens is 1. The summed E-state index contributed by atoms with van der Waals surface area (Å²) >= 11 is 0. The van der Waals surface area contributed by atoms with Gasteiger partial charge in [0.2, 0.25) is 5.91 Å². The van der Waals surface area contributed by atoms with E-state index in [1.54, 1.807) is 37.5 Å². The zero-order valence-corrected chi connectivity index (χ0v) is 16.9. The van der Waals surface area contributed by atoms with Crippen LogP contribution in [0.2, 0.25) is 0 Å². The predicted molar refractivity (Wildman–Crippen MR) is 113 cm³/mol. The first kappa shape index (κ1) is 19.6. The summed E-state index contributed by atoms with van der Waals surface area (Å²) in [4.78, 5) is 32.2. The molecule has 6 heteroatoms. The number of amides is 2. The van der Waals surface area contributed by atoms with Gasteiger partial charge < -0.3 is 15.0 Å². The molecule has 0 radical (unpaired) electrons. The number of carbonyl (C=O) groups excluding carboxylic acids is 2. The van der Waals surface area contributed by atoms with Gasteiger partial charge in [0.15, 0.2) is 0 Å². The number of ether oxygens (including phenoxy) is 1. The summed E-state index contributed by atoms with van der Waals surface area (Å²) in [5, 5.41) is 3.03. The number of nitrogens with one attached hydrogen (secondary N) is 1. The number of benzene rings is 2. The summed E-state index contributed by atoms with van der Waals surface area (Å²) in [5.41, 5.74) is 3.10. The van der Waals surface area contributed by atoms with Crippen LogP contribution in [0, 0.1) is 0 Å². The Morgan fingerprint density at radius 3 is 2.57 bits per heavy atom. The van der Waals surface area contributed by atoms with Crippen LogP contribution in [0.1, 0.15) is 39.0 Å². The van der Waals surface area contributed by atoms with Crippen LogP contribution in [0.5, 0.6) is 5.75 Å². The lowest BCUT2D eigenvalue weighted by atomic mass is 9.79. The van der Waals surface area contributed by atoms with Crippen molar-refractivity contribution in [2.45, 2.75) is 18.5 Å². The van der Waals surface area contributed by atoms with Gasteiger partial charge in [0.25, 0.3) is 5.91 Å². The molecule has 30 heavy (non-hydrogen) atoms. The molecule has 0 saturated heterocycles. The van der Waals surface area contributed by atoms with Crippen LogP contribution >= 0.6 is 0 Å². The first-order valence-electron chi connectivity index (χ1n) is 9.77. The molecule has 2 amide bonds. The average molecular weight is 401 g/mol. The molecule has 1 aliphatic heterocycles. The molecule has 0 fully saturated rings. The minimum atomic E-state index is -0.533. The highest BCUT2D eigenvalue weighted by Gasteiger charge is 2.42. The first-order valence-corrected chi connectivity index (χ1v) is 9.77. The Morgan fingerprint density at radius 2 is 1.87 bits per heavy atom. The van der Waals surface area contributed by atoms with E-state index in [-0.39, 0.29) is 11.8 Å². The van der Waals surface area contributed by atoms with Crippen LogP contribution in [-0.4, -0.2) is 35.9 Å². The Balaban J connectivity index is 1.72. The molecule has 6 nitrogen and oxygen atoms in total. The molecule has 1 aliphatic rings. The number of pyridine rings is 1. The van der Waals surface area contributed by atoms with Gasteiger partial charge in [-0.25, -0.2) is 0 Å². The van der Waals surface area contributed by atoms with Gasteiger partial charge >= 0.3 is 0 Å². The monoisotopic (exact) mass is 401 g/mol. The Morgan fingerprint density at radius 1 is 1.10 bits per heavy atom. The molecule has 1 aromatic heterocycles. The van der Waals surface area contributed by atoms with Crippen molar-refractivity contribution in [2.24, 2.45) is 0 Å². The lowest BCUT2D eigenvalue weighted by molar-refractivity contribution is -0.124. The van der Waals surface area contributed by atoms with E-state index in [4.69, 9.17) is 4.74 Å². The Labute approximate surface area is 175 Å². The maximum atomic E-state index is 13.4. The zero-order chi connectivity index (χ0) is 21.1. The SMILES string of the molecule is COc1ccc([C@H]2[C@H](C(=O)NCc3cccnc3)c3ccccc3C(=O)N2C)cc1. The summed E-state index contributed by atoms with van der Waals surface area (Å²) in [6, 6.07) is 18.2. The fourth-order valence-corrected chi connectivity index (χ4v) is 3.98. The van der Waals surface area contributed by atoms with Gasteiger partial charge in [-0.05, 0) is 41.0 Å². The van der Waals surface area contributed by atoms with E-state index in [2.05, 4.69) is 10.3 Å². The second-order valence-electron chi connectivity index (χ2n) is 7.28. The molecule has 0 spiro atoms. The lowest BCUT2D eigenvalue weighted by Crippen LogP contribution is -2.45. The Hall–Kier alpha value is -3.67. The third-order valence-corrected chi connectivity index (χ3v) is 5.51. The molecule has 2 aromatic carbocycles. The van der Waals surface area contributed by atoms with Crippen LogP contribution in [0.15, 0.2) is 73.1 Å². The molecule has 2 heterocycles. The second-order valence-corrected chi connectivity index (χ2v) is 7.28. The van der Waals surface area contributed by atoms with Crippen molar-refractivity contribution in [3.05, 3.63) is 95.3 Å². The first-order chi connectivity index (χ1) is 14.6. The molecule has 0 bridgehead atoms. The van der Waals surface area contributed by atoms with Crippen LogP contribution in [0.3, 0.4) is 0 Å². The molecule has 152 valence electrons. The van der Waals surface area contributed by atoms with E-state index in [0.717, 1.165) is 22.4 Å². The summed E-state index contributed by atoms with van der Waals surface area (Å²) in [5.74, 6) is -0.0373. The van der Waals surface area contributed by atoms with Crippen molar-refractivity contribution in [2.75, 3.05) is 14.2 Å². The number of hydrogen-bond acceptors (Lipinski definition) is 4. The third-order valence-electron chi connectivity index (χ3n) is 5.51. The quantitative estimate of drug-likeness (QED) is 0.712. The van der Waals surface area contributed by atoms with Gasteiger partial charge in [0.05, 0.1) is 19.1 Å². The van der Waals surface area contributed by atoms with Crippen molar-refractivity contribution in [3.63, 3.8) is 0 Å². The normalized spacial score (nSPS) is 17.9. The van der Waals surface area contributed by atoms with Gasteiger partial charge in [-0.1, -0.05) is 36.4 Å². The van der Waals surface area contributed by atoms with Crippen molar-refractivity contribution in [1.82, 2.24) is 15.2 Å². The van der Waals surface area contributed by atoms with Gasteiger partial charge in [0.1, 0.15) is 5.75 Å². The number of hydrogen-bond donors (Lipinski definition) is 1. The van der Waals surface area contributed by atoms with E-state index >= 15 is 0 Å². The van der Waals surface area contributed by atoms with E-state index in [1.807, 2.05) is 54.6 Å². The Kier molecular flexibility index (Phi) is 5.48. The summed E-state index contributed by atoms with van der Waals surface area (Å²) < 4.78 is 5.26. The summed E-state index contributed by atoms with van der Waals surface area (Å²) in [6.45, 7) is 0.373. The van der Waals surface area contributed by atoms with Gasteiger partial charge in [-0.2, -0.15) is 0 Å². The van der Waals surface area contributed by atoms with Gasteiger partial charge in [-0.3, -0.25) is 14.6 Å². The zero-order valence-electron chi connectivity index (χ0n) is 16.9. The van der Waals surface area contributed by atoms with E-state index in [9.17, 15) is 9.59 Å². The smallest absolute Gasteiger partial charge is 0.254 e. The topological polar surface area (TPSA) is 71.5 Å². The van der Waals surface area contributed by atoms with Crippen molar-refractivity contribution < 1.29 is 14.3 Å². The maximum absolute atomic E-state index is 13.4. The van der Waals surface area contributed by atoms with E-state index < -0.39 is 12.0 Å². The minimum Gasteiger partial charge on any atom is -0.497 e. The van der Waals surface area contributed by atoms with Crippen LogP contribution in [-0.2, 0) is 11.3 Å². The largest absolute Gasteiger partial charge is 0.497 e. The number of likely N-dealkylation sites (N-methyl/N-ethyl adjacent to an activating group) is 1. The van der Waals surface area contributed by atoms with Gasteiger partial charge in [0, 0.05) is 31.5 Å². The number of rotatable bonds is 5. The second kappa shape index (κ2) is 8.37. The van der Waals surface area contributed by atoms with E-state index in [1.165, 1.54) is 0 Å². The lowest BCUT2D eigenvalue weighted by Gasteiger charge is -2.39. The van der Waals surface area contributed by atoms with Crippen LogP contribution in [0.25, 0.3) is 0 Å². The molecule has 0 saturated carbocycles. The molecule has 0 unspecified atom stereocenters. The van der Waals surface area contributed by atoms with Crippen LogP contribution < -0.4 is 10.1 Å². The molecule has 3 aromatic rings. The standard InChI is InChI=1S/C24H23N3O3/c1-27-22(17-9-11-18(30-2)12-10-17)21(19-7-3-4-8-20(19)24(27)29)23(28)26-15-16-6-5-13-25-14-16/h3-14,21-22H,15H2,1-2H3,(H,26,28)/t21-,22+/m1/s1. The number of nitrogens with zero attached hydrogens (tertiary/aromatic N) is 2. The van der Waals surface area contributed by atoms with Crippen LogP contribution in [0.4, 0.5) is 0 Å².